The molecule has 1 aliphatic carbocycles. The topological polar surface area (TPSA) is 51.2 Å². The summed E-state index contributed by atoms with van der Waals surface area (Å²) in [5.74, 6) is -0.642. The summed E-state index contributed by atoms with van der Waals surface area (Å²) in [6.45, 7) is 4.72. The molecule has 0 aromatic heterocycles. The lowest BCUT2D eigenvalue weighted by Crippen LogP contribution is -2.08. The number of carbonyl (C=O) groups excluding carboxylic acids is 3. The van der Waals surface area contributed by atoms with Crippen LogP contribution in [0.4, 0.5) is 0 Å². The lowest BCUT2D eigenvalue weighted by Gasteiger charge is -2.11. The number of fused-ring (bicyclic) bond motifs is 1. The van der Waals surface area contributed by atoms with Crippen LogP contribution in [0.2, 0.25) is 0 Å². The Hall–Kier alpha value is -2.46. The molecule has 0 fully saturated rings. The zero-order valence-electron chi connectivity index (χ0n) is 13.8. The minimum atomic E-state index is -0.226. The lowest BCUT2D eigenvalue weighted by molar-refractivity contribution is 0.101. The van der Waals surface area contributed by atoms with Gasteiger partial charge in [-0.3, -0.25) is 14.4 Å². The summed E-state index contributed by atoms with van der Waals surface area (Å²) in [5.41, 5.74) is 2.01. The van der Waals surface area contributed by atoms with Crippen molar-refractivity contribution in [1.82, 2.24) is 0 Å². The van der Waals surface area contributed by atoms with E-state index in [-0.39, 0.29) is 17.3 Å². The number of hydrogen-bond acceptors (Lipinski definition) is 4. The Labute approximate surface area is 146 Å². The third-order valence-electron chi connectivity index (χ3n) is 3.68. The van der Waals surface area contributed by atoms with Gasteiger partial charge in [-0.25, -0.2) is 0 Å². The molecule has 0 spiro atoms. The predicted octanol–water partition coefficient (Wildman–Crippen LogP) is 4.65. The van der Waals surface area contributed by atoms with E-state index in [1.165, 1.54) is 19.9 Å². The van der Waals surface area contributed by atoms with Gasteiger partial charge in [-0.2, -0.15) is 0 Å². The van der Waals surface area contributed by atoms with Gasteiger partial charge in [-0.05, 0) is 38.5 Å². The number of carbonyl (C=O) groups is 3. The van der Waals surface area contributed by atoms with E-state index >= 15 is 0 Å². The van der Waals surface area contributed by atoms with Gasteiger partial charge in [0.25, 0.3) is 0 Å². The Morgan fingerprint density at radius 1 is 1.04 bits per heavy atom. The highest BCUT2D eigenvalue weighted by Gasteiger charge is 2.28. The molecule has 0 heterocycles. The van der Waals surface area contributed by atoms with Gasteiger partial charge in [0, 0.05) is 27.2 Å². The molecule has 0 saturated heterocycles. The van der Waals surface area contributed by atoms with E-state index in [2.05, 4.69) is 12.6 Å². The number of benzene rings is 1. The lowest BCUT2D eigenvalue weighted by atomic mass is 9.95. The normalized spacial score (nSPS) is 14.0. The van der Waals surface area contributed by atoms with Crippen molar-refractivity contribution in [3.63, 3.8) is 0 Å². The van der Waals surface area contributed by atoms with Crippen molar-refractivity contribution in [2.24, 2.45) is 0 Å². The fourth-order valence-corrected chi connectivity index (χ4v) is 3.05. The van der Waals surface area contributed by atoms with Crippen molar-refractivity contribution in [2.45, 2.75) is 25.7 Å². The maximum absolute atomic E-state index is 12.6. The standard InChI is InChI=1S/C20H18O3S/c1-4-5-6-7-8-9-14-10-16-17(19(14)23)11-15(12(2)21)20(24)18(16)13(3)22/h4-11,24H,1-3H3/b5-4+,7-6-,9-8+. The minimum absolute atomic E-state index is 0.195. The van der Waals surface area contributed by atoms with Crippen molar-refractivity contribution in [3.8, 4) is 0 Å². The highest BCUT2D eigenvalue weighted by molar-refractivity contribution is 7.80. The van der Waals surface area contributed by atoms with Crippen LogP contribution in [-0.4, -0.2) is 17.3 Å². The molecule has 0 amide bonds. The molecule has 0 bridgehead atoms. The summed E-state index contributed by atoms with van der Waals surface area (Å²) in [6, 6.07) is 1.53. The van der Waals surface area contributed by atoms with Gasteiger partial charge in [0.1, 0.15) is 0 Å². The molecular formula is C20H18O3S. The van der Waals surface area contributed by atoms with Crippen molar-refractivity contribution >= 4 is 36.1 Å². The van der Waals surface area contributed by atoms with Crippen LogP contribution in [0.3, 0.4) is 0 Å². The van der Waals surface area contributed by atoms with E-state index in [1.54, 1.807) is 18.2 Å². The monoisotopic (exact) mass is 338 g/mol. The molecule has 1 aromatic rings. The van der Waals surface area contributed by atoms with Crippen LogP contribution in [0.5, 0.6) is 0 Å². The summed E-state index contributed by atoms with van der Waals surface area (Å²) < 4.78 is 0. The Kier molecular flexibility index (Phi) is 5.52. The second kappa shape index (κ2) is 7.41. The molecule has 0 radical (unpaired) electrons. The number of hydrogen-bond donors (Lipinski definition) is 1. The van der Waals surface area contributed by atoms with Crippen LogP contribution in [0.15, 0.2) is 53.0 Å². The second-order valence-corrected chi connectivity index (χ2v) is 5.87. The van der Waals surface area contributed by atoms with Gasteiger partial charge in [0.15, 0.2) is 17.3 Å². The molecule has 122 valence electrons. The maximum Gasteiger partial charge on any atom is 0.193 e. The molecule has 0 atom stereocenters. The van der Waals surface area contributed by atoms with Gasteiger partial charge in [0.2, 0.25) is 0 Å². The number of Topliss-reactive ketones (excluding diaryl/α,β-unsaturated/α-hetero) is 3. The minimum Gasteiger partial charge on any atom is -0.294 e. The van der Waals surface area contributed by atoms with Crippen molar-refractivity contribution < 1.29 is 14.4 Å². The first-order valence-electron chi connectivity index (χ1n) is 7.52. The zero-order chi connectivity index (χ0) is 17.9. The van der Waals surface area contributed by atoms with E-state index in [4.69, 9.17) is 0 Å². The molecule has 0 N–H and O–H groups in total. The number of rotatable bonds is 5. The van der Waals surface area contributed by atoms with Crippen molar-refractivity contribution in [1.29, 1.82) is 0 Å². The number of ketones is 3. The fourth-order valence-electron chi connectivity index (χ4n) is 2.55. The predicted molar refractivity (Wildman–Crippen MR) is 99.1 cm³/mol. The van der Waals surface area contributed by atoms with E-state index in [0.29, 0.717) is 32.7 Å². The molecule has 0 saturated carbocycles. The molecule has 2 rings (SSSR count). The van der Waals surface area contributed by atoms with E-state index in [9.17, 15) is 14.4 Å². The summed E-state index contributed by atoms with van der Waals surface area (Å²) in [6.07, 6.45) is 12.6. The van der Waals surface area contributed by atoms with Gasteiger partial charge < -0.3 is 0 Å². The number of thiol groups is 1. The van der Waals surface area contributed by atoms with Crippen LogP contribution in [0, 0.1) is 0 Å². The SMILES string of the molecule is C/C=C/C=C\C=C\C1=Cc2c(cc(C(C)=O)c(S)c2C(C)=O)C1=O. The quantitative estimate of drug-likeness (QED) is 0.483. The largest absolute Gasteiger partial charge is 0.294 e. The van der Waals surface area contributed by atoms with Gasteiger partial charge in [0.05, 0.1) is 0 Å². The third kappa shape index (κ3) is 3.39. The Balaban J connectivity index is 2.53. The molecule has 1 aliphatic rings. The molecule has 4 heteroatoms. The maximum atomic E-state index is 12.6. The summed E-state index contributed by atoms with van der Waals surface area (Å²) in [7, 11) is 0. The van der Waals surface area contributed by atoms with Gasteiger partial charge >= 0.3 is 0 Å². The molecule has 0 aliphatic heterocycles. The molecule has 24 heavy (non-hydrogen) atoms. The average molecular weight is 338 g/mol. The van der Waals surface area contributed by atoms with Crippen LogP contribution >= 0.6 is 12.6 Å². The number of allylic oxidation sites excluding steroid dienone is 7. The molecule has 3 nitrogen and oxygen atoms in total. The first kappa shape index (κ1) is 17.9. The Bertz CT molecular complexity index is 852. The molecule has 0 unspecified atom stereocenters. The van der Waals surface area contributed by atoms with Crippen LogP contribution in [0.1, 0.15) is 57.4 Å². The first-order chi connectivity index (χ1) is 11.4. The Morgan fingerprint density at radius 3 is 2.29 bits per heavy atom. The second-order valence-electron chi connectivity index (χ2n) is 5.42. The highest BCUT2D eigenvalue weighted by Crippen LogP contribution is 2.35. The third-order valence-corrected chi connectivity index (χ3v) is 4.14. The van der Waals surface area contributed by atoms with Crippen LogP contribution < -0.4 is 0 Å². The molecular weight excluding hydrogens is 320 g/mol. The average Bonchev–Trinajstić information content (AvgIpc) is 2.81. The van der Waals surface area contributed by atoms with Crippen molar-refractivity contribution in [3.05, 3.63) is 70.3 Å². The van der Waals surface area contributed by atoms with E-state index < -0.39 is 0 Å². The summed E-state index contributed by atoms with van der Waals surface area (Å²) in [4.78, 5) is 36.7. The smallest absolute Gasteiger partial charge is 0.193 e. The first-order valence-corrected chi connectivity index (χ1v) is 7.97. The van der Waals surface area contributed by atoms with Gasteiger partial charge in [-0.15, -0.1) is 12.6 Å². The van der Waals surface area contributed by atoms with E-state index in [0.717, 1.165) is 0 Å². The summed E-state index contributed by atoms with van der Waals surface area (Å²) in [5, 5.41) is 0. The van der Waals surface area contributed by atoms with Gasteiger partial charge in [-0.1, -0.05) is 36.5 Å². The zero-order valence-corrected chi connectivity index (χ0v) is 14.7. The molecule has 1 aromatic carbocycles. The fraction of sp³-hybridized carbons (Fsp3) is 0.150. The van der Waals surface area contributed by atoms with Crippen LogP contribution in [0.25, 0.3) is 6.08 Å². The highest BCUT2D eigenvalue weighted by atomic mass is 32.1. The Morgan fingerprint density at radius 2 is 1.71 bits per heavy atom. The van der Waals surface area contributed by atoms with E-state index in [1.807, 2.05) is 31.2 Å². The summed E-state index contributed by atoms with van der Waals surface area (Å²) >= 11 is 4.34. The van der Waals surface area contributed by atoms with Crippen LogP contribution in [-0.2, 0) is 0 Å². The van der Waals surface area contributed by atoms with Crippen molar-refractivity contribution in [2.75, 3.05) is 0 Å².